The van der Waals surface area contributed by atoms with Crippen molar-refractivity contribution in [3.63, 3.8) is 0 Å². The Morgan fingerprint density at radius 1 is 1.08 bits per heavy atom. The number of rotatable bonds is 7. The molecule has 0 unspecified atom stereocenters. The van der Waals surface area contributed by atoms with E-state index in [1.165, 1.54) is 24.9 Å². The molecule has 2 aromatic rings. The maximum Gasteiger partial charge on any atom is 0.225 e. The molecule has 1 aliphatic heterocycles. The highest BCUT2D eigenvalue weighted by atomic mass is 16.1. The second-order valence-electron chi connectivity index (χ2n) is 6.43. The van der Waals surface area contributed by atoms with Crippen LogP contribution >= 0.6 is 0 Å². The number of piperidine rings is 1. The molecule has 2 N–H and O–H groups in total. The highest BCUT2D eigenvalue weighted by molar-refractivity contribution is 5.91. The Hall–Kier alpha value is -2.40. The third kappa shape index (κ3) is 5.57. The molecule has 1 saturated heterocycles. The summed E-state index contributed by atoms with van der Waals surface area (Å²) in [6, 6.07) is 12.1. The van der Waals surface area contributed by atoms with Gasteiger partial charge in [-0.05, 0) is 55.2 Å². The lowest BCUT2D eigenvalue weighted by molar-refractivity contribution is -0.116. The van der Waals surface area contributed by atoms with Crippen molar-refractivity contribution >= 4 is 17.3 Å². The first-order valence-electron chi connectivity index (χ1n) is 9.06. The summed E-state index contributed by atoms with van der Waals surface area (Å²) in [6.07, 6.45) is 7.91. The Morgan fingerprint density at radius 3 is 2.60 bits per heavy atom. The van der Waals surface area contributed by atoms with E-state index in [4.69, 9.17) is 0 Å². The molecule has 1 amide bonds. The number of hydrogen-bond donors (Lipinski definition) is 2. The molecule has 1 aliphatic rings. The Balaban J connectivity index is 1.38. The van der Waals surface area contributed by atoms with E-state index < -0.39 is 0 Å². The first kappa shape index (κ1) is 17.4. The minimum absolute atomic E-state index is 0.0319. The van der Waals surface area contributed by atoms with Crippen molar-refractivity contribution in [2.45, 2.75) is 32.2 Å². The fourth-order valence-corrected chi connectivity index (χ4v) is 3.07. The van der Waals surface area contributed by atoms with Crippen molar-refractivity contribution in [3.8, 4) is 0 Å². The number of nitrogens with zero attached hydrogens (tertiary/aromatic N) is 2. The van der Waals surface area contributed by atoms with E-state index in [-0.39, 0.29) is 5.91 Å². The molecule has 1 fully saturated rings. The molecular formula is C20H26N4O. The number of pyridine rings is 1. The molecule has 5 heteroatoms. The number of anilines is 2. The van der Waals surface area contributed by atoms with Crippen molar-refractivity contribution in [1.29, 1.82) is 0 Å². The molecule has 25 heavy (non-hydrogen) atoms. The molecule has 0 saturated carbocycles. The Labute approximate surface area is 149 Å². The molecule has 5 nitrogen and oxygen atoms in total. The minimum atomic E-state index is 0.0319. The van der Waals surface area contributed by atoms with Crippen molar-refractivity contribution in [3.05, 3.63) is 54.4 Å². The van der Waals surface area contributed by atoms with E-state index >= 15 is 0 Å². The smallest absolute Gasteiger partial charge is 0.225 e. The summed E-state index contributed by atoms with van der Waals surface area (Å²) in [5.74, 6) is 0.0319. The van der Waals surface area contributed by atoms with Gasteiger partial charge in [0.25, 0.3) is 0 Å². The summed E-state index contributed by atoms with van der Waals surface area (Å²) in [6.45, 7) is 3.64. The Kier molecular flexibility index (Phi) is 6.40. The van der Waals surface area contributed by atoms with E-state index in [2.05, 4.69) is 32.7 Å². The van der Waals surface area contributed by atoms with Crippen molar-refractivity contribution in [2.24, 2.45) is 0 Å². The fourth-order valence-electron chi connectivity index (χ4n) is 3.07. The van der Waals surface area contributed by atoms with Crippen molar-refractivity contribution < 1.29 is 4.79 Å². The van der Waals surface area contributed by atoms with Crippen LogP contribution in [0.4, 0.5) is 11.4 Å². The molecule has 2 heterocycles. The van der Waals surface area contributed by atoms with Gasteiger partial charge in [-0.1, -0.05) is 6.07 Å². The van der Waals surface area contributed by atoms with Gasteiger partial charge >= 0.3 is 0 Å². The van der Waals surface area contributed by atoms with E-state index in [1.54, 1.807) is 6.20 Å². The molecule has 1 aromatic heterocycles. The average molecular weight is 338 g/mol. The average Bonchev–Trinajstić information content (AvgIpc) is 2.67. The van der Waals surface area contributed by atoms with Crippen LogP contribution in [0.15, 0.2) is 48.8 Å². The summed E-state index contributed by atoms with van der Waals surface area (Å²) >= 11 is 0. The lowest BCUT2D eigenvalue weighted by Gasteiger charge is -2.28. The molecule has 3 rings (SSSR count). The first-order valence-corrected chi connectivity index (χ1v) is 9.06. The third-order valence-electron chi connectivity index (χ3n) is 4.45. The normalized spacial score (nSPS) is 14.3. The molecular weight excluding hydrogens is 312 g/mol. The fraction of sp³-hybridized carbons (Fsp3) is 0.400. The van der Waals surface area contributed by atoms with Gasteiger partial charge in [-0.25, -0.2) is 0 Å². The van der Waals surface area contributed by atoms with Crippen LogP contribution in [0.3, 0.4) is 0 Å². The number of hydrogen-bond acceptors (Lipinski definition) is 4. The van der Waals surface area contributed by atoms with E-state index in [9.17, 15) is 4.79 Å². The topological polar surface area (TPSA) is 57.3 Å². The zero-order valence-electron chi connectivity index (χ0n) is 14.6. The lowest BCUT2D eigenvalue weighted by atomic mass is 10.1. The highest BCUT2D eigenvalue weighted by Gasteiger charge is 2.10. The minimum Gasteiger partial charge on any atom is -0.372 e. The number of aromatic nitrogens is 1. The van der Waals surface area contributed by atoms with Gasteiger partial charge in [0.2, 0.25) is 5.91 Å². The van der Waals surface area contributed by atoms with E-state index in [0.717, 1.165) is 30.9 Å². The first-order chi connectivity index (χ1) is 12.3. The van der Waals surface area contributed by atoms with Crippen LogP contribution in [0.1, 0.15) is 31.2 Å². The van der Waals surface area contributed by atoms with Gasteiger partial charge in [-0.15, -0.1) is 0 Å². The van der Waals surface area contributed by atoms with Gasteiger partial charge in [0.05, 0.1) is 0 Å². The van der Waals surface area contributed by atoms with Gasteiger partial charge in [0, 0.05) is 56.4 Å². The largest absolute Gasteiger partial charge is 0.372 e. The van der Waals surface area contributed by atoms with Gasteiger partial charge in [-0.2, -0.15) is 0 Å². The van der Waals surface area contributed by atoms with Gasteiger partial charge in [0.1, 0.15) is 0 Å². The predicted molar refractivity (Wildman–Crippen MR) is 102 cm³/mol. The quantitative estimate of drug-likeness (QED) is 0.761. The molecule has 0 atom stereocenters. The number of carbonyl (C=O) groups is 1. The Morgan fingerprint density at radius 2 is 1.88 bits per heavy atom. The predicted octanol–water partition coefficient (Wildman–Crippen LogP) is 3.19. The van der Waals surface area contributed by atoms with Crippen LogP contribution in [0, 0.1) is 0 Å². The molecule has 0 radical (unpaired) electrons. The number of carbonyl (C=O) groups excluding carboxylic acids is 1. The zero-order chi connectivity index (χ0) is 17.3. The van der Waals surface area contributed by atoms with Gasteiger partial charge in [-0.3, -0.25) is 9.78 Å². The zero-order valence-corrected chi connectivity index (χ0v) is 14.6. The number of amides is 1. The van der Waals surface area contributed by atoms with Crippen LogP contribution in [0.5, 0.6) is 0 Å². The molecule has 1 aromatic carbocycles. The standard InChI is InChI=1S/C20H26N4O/c25-20(10-12-22-16-17-5-4-11-21-15-17)23-18-6-8-19(9-7-18)24-13-2-1-3-14-24/h4-9,11,15,22H,1-3,10,12-14,16H2,(H,23,25). The molecule has 132 valence electrons. The van der Waals surface area contributed by atoms with Crippen LogP contribution in [-0.2, 0) is 11.3 Å². The van der Waals surface area contributed by atoms with Gasteiger partial charge in [0.15, 0.2) is 0 Å². The highest BCUT2D eigenvalue weighted by Crippen LogP contribution is 2.21. The lowest BCUT2D eigenvalue weighted by Crippen LogP contribution is -2.29. The van der Waals surface area contributed by atoms with Crippen LogP contribution in [-0.4, -0.2) is 30.5 Å². The van der Waals surface area contributed by atoms with Crippen LogP contribution in [0.25, 0.3) is 0 Å². The van der Waals surface area contributed by atoms with Crippen molar-refractivity contribution in [1.82, 2.24) is 10.3 Å². The third-order valence-corrected chi connectivity index (χ3v) is 4.45. The summed E-state index contributed by atoms with van der Waals surface area (Å²) < 4.78 is 0. The Bertz CT molecular complexity index is 651. The molecule has 0 spiro atoms. The maximum absolute atomic E-state index is 12.0. The van der Waals surface area contributed by atoms with Crippen molar-refractivity contribution in [2.75, 3.05) is 29.9 Å². The van der Waals surface area contributed by atoms with E-state index in [0.29, 0.717) is 13.0 Å². The molecule has 0 aliphatic carbocycles. The van der Waals surface area contributed by atoms with E-state index in [1.807, 2.05) is 30.5 Å². The maximum atomic E-state index is 12.0. The summed E-state index contributed by atoms with van der Waals surface area (Å²) in [5.41, 5.74) is 3.23. The van der Waals surface area contributed by atoms with Crippen LogP contribution < -0.4 is 15.5 Å². The second kappa shape index (κ2) is 9.18. The SMILES string of the molecule is O=C(CCNCc1cccnc1)Nc1ccc(N2CCCCC2)cc1. The molecule has 0 bridgehead atoms. The summed E-state index contributed by atoms with van der Waals surface area (Å²) in [7, 11) is 0. The second-order valence-corrected chi connectivity index (χ2v) is 6.43. The van der Waals surface area contributed by atoms with Gasteiger partial charge < -0.3 is 15.5 Å². The summed E-state index contributed by atoms with van der Waals surface area (Å²) in [4.78, 5) is 18.5. The summed E-state index contributed by atoms with van der Waals surface area (Å²) in [5, 5.41) is 6.22. The van der Waals surface area contributed by atoms with Crippen LogP contribution in [0.2, 0.25) is 0 Å². The number of nitrogens with one attached hydrogen (secondary N) is 2. The number of benzene rings is 1. The monoisotopic (exact) mass is 338 g/mol.